The van der Waals surface area contributed by atoms with Gasteiger partial charge in [-0.1, -0.05) is 121 Å². The van der Waals surface area contributed by atoms with E-state index in [1.807, 2.05) is 0 Å². The highest BCUT2D eigenvalue weighted by atomic mass is 16.2. The number of urea groups is 1. The molecule has 2 N–H and O–H groups in total. The zero-order valence-electron chi connectivity index (χ0n) is 22.9. The average molecular weight is 531 g/mol. The molecule has 204 valence electrons. The SMILES string of the molecule is O=C(N[C@@H]1CN(Cc2ccccc2)C[C@@H]1c1ccccc1)N[C@@H]1CN(Cc2ccccc2)C[C@@H]1c1ccccc1. The molecular formula is C35H38N4O. The Bertz CT molecular complexity index is 1240. The van der Waals surface area contributed by atoms with Crippen LogP contribution in [0.1, 0.15) is 34.1 Å². The Hall–Kier alpha value is -3.93. The molecule has 0 aliphatic carbocycles. The first kappa shape index (κ1) is 26.3. The first-order valence-corrected chi connectivity index (χ1v) is 14.4. The number of likely N-dealkylation sites (tertiary alicyclic amines) is 2. The lowest BCUT2D eigenvalue weighted by atomic mass is 9.94. The van der Waals surface area contributed by atoms with Crippen molar-refractivity contribution in [1.82, 2.24) is 20.4 Å². The molecule has 4 atom stereocenters. The van der Waals surface area contributed by atoms with Crippen LogP contribution in [0, 0.1) is 0 Å². The third-order valence-electron chi connectivity index (χ3n) is 8.38. The maximum Gasteiger partial charge on any atom is 0.315 e. The predicted octanol–water partition coefficient (Wildman–Crippen LogP) is 5.62. The van der Waals surface area contributed by atoms with Gasteiger partial charge in [0.1, 0.15) is 0 Å². The number of amides is 2. The molecular weight excluding hydrogens is 492 g/mol. The minimum Gasteiger partial charge on any atom is -0.333 e. The van der Waals surface area contributed by atoms with E-state index in [0.717, 1.165) is 39.3 Å². The van der Waals surface area contributed by atoms with Crippen molar-refractivity contribution in [3.05, 3.63) is 144 Å². The smallest absolute Gasteiger partial charge is 0.315 e. The summed E-state index contributed by atoms with van der Waals surface area (Å²) in [5, 5.41) is 6.79. The van der Waals surface area contributed by atoms with E-state index in [9.17, 15) is 4.79 Å². The van der Waals surface area contributed by atoms with Gasteiger partial charge in [0.15, 0.2) is 0 Å². The molecule has 2 aliphatic heterocycles. The Labute approximate surface area is 237 Å². The third kappa shape index (κ3) is 6.44. The summed E-state index contributed by atoms with van der Waals surface area (Å²) >= 11 is 0. The van der Waals surface area contributed by atoms with Gasteiger partial charge < -0.3 is 10.6 Å². The zero-order chi connectivity index (χ0) is 27.1. The highest BCUT2D eigenvalue weighted by Gasteiger charge is 2.38. The van der Waals surface area contributed by atoms with Crippen LogP contribution in [0.4, 0.5) is 4.79 Å². The van der Waals surface area contributed by atoms with Crippen molar-refractivity contribution in [2.75, 3.05) is 26.2 Å². The number of nitrogens with zero attached hydrogens (tertiary/aromatic N) is 2. The molecule has 2 aliphatic rings. The average Bonchev–Trinajstić information content (AvgIpc) is 3.58. The normalized spacial score (nSPS) is 23.2. The number of hydrogen-bond acceptors (Lipinski definition) is 3. The van der Waals surface area contributed by atoms with Gasteiger partial charge in [0, 0.05) is 51.1 Å². The van der Waals surface area contributed by atoms with Gasteiger partial charge in [-0.2, -0.15) is 0 Å². The number of hydrogen-bond donors (Lipinski definition) is 2. The number of benzene rings is 4. The van der Waals surface area contributed by atoms with Crippen molar-refractivity contribution in [2.24, 2.45) is 0 Å². The molecule has 40 heavy (non-hydrogen) atoms. The maximum atomic E-state index is 13.6. The van der Waals surface area contributed by atoms with Crippen molar-refractivity contribution >= 4 is 6.03 Å². The summed E-state index contributed by atoms with van der Waals surface area (Å²) in [6.45, 7) is 5.27. The van der Waals surface area contributed by atoms with Crippen LogP contribution < -0.4 is 10.6 Å². The quantitative estimate of drug-likeness (QED) is 0.311. The molecule has 2 heterocycles. The first-order chi connectivity index (χ1) is 19.7. The highest BCUT2D eigenvalue weighted by Crippen LogP contribution is 2.31. The van der Waals surface area contributed by atoms with Gasteiger partial charge in [-0.05, 0) is 22.3 Å². The van der Waals surface area contributed by atoms with Crippen LogP contribution >= 0.6 is 0 Å². The lowest BCUT2D eigenvalue weighted by Gasteiger charge is -2.24. The summed E-state index contributed by atoms with van der Waals surface area (Å²) in [4.78, 5) is 18.5. The van der Waals surface area contributed by atoms with Crippen molar-refractivity contribution in [3.8, 4) is 0 Å². The molecule has 2 amide bonds. The molecule has 2 fully saturated rings. The molecule has 2 saturated heterocycles. The molecule has 5 heteroatoms. The van der Waals surface area contributed by atoms with E-state index in [2.05, 4.69) is 142 Å². The van der Waals surface area contributed by atoms with Crippen LogP contribution in [0.2, 0.25) is 0 Å². The summed E-state index contributed by atoms with van der Waals surface area (Å²) < 4.78 is 0. The lowest BCUT2D eigenvalue weighted by molar-refractivity contribution is 0.230. The van der Waals surface area contributed by atoms with Gasteiger partial charge in [0.25, 0.3) is 0 Å². The summed E-state index contributed by atoms with van der Waals surface area (Å²) in [6.07, 6.45) is 0. The fraction of sp³-hybridized carbons (Fsp3) is 0.286. The van der Waals surface area contributed by atoms with Gasteiger partial charge in [-0.15, -0.1) is 0 Å². The topological polar surface area (TPSA) is 47.6 Å². The van der Waals surface area contributed by atoms with E-state index in [-0.39, 0.29) is 30.0 Å². The van der Waals surface area contributed by atoms with Crippen LogP contribution in [0.25, 0.3) is 0 Å². The highest BCUT2D eigenvalue weighted by molar-refractivity contribution is 5.75. The molecule has 5 nitrogen and oxygen atoms in total. The molecule has 0 radical (unpaired) electrons. The zero-order valence-corrected chi connectivity index (χ0v) is 22.9. The molecule has 6 rings (SSSR count). The van der Waals surface area contributed by atoms with Crippen molar-refractivity contribution < 1.29 is 4.79 Å². The number of carbonyl (C=O) groups is 1. The number of rotatable bonds is 8. The Kier molecular flexibility index (Phi) is 8.22. The van der Waals surface area contributed by atoms with E-state index < -0.39 is 0 Å². The van der Waals surface area contributed by atoms with Gasteiger partial charge in [0.05, 0.1) is 12.1 Å². The first-order valence-electron chi connectivity index (χ1n) is 14.4. The van der Waals surface area contributed by atoms with E-state index in [0.29, 0.717) is 0 Å². The van der Waals surface area contributed by atoms with E-state index in [1.54, 1.807) is 0 Å². The van der Waals surface area contributed by atoms with E-state index >= 15 is 0 Å². The monoisotopic (exact) mass is 530 g/mol. The predicted molar refractivity (Wildman–Crippen MR) is 161 cm³/mol. The second kappa shape index (κ2) is 12.5. The van der Waals surface area contributed by atoms with Crippen LogP contribution in [-0.2, 0) is 13.1 Å². The van der Waals surface area contributed by atoms with E-state index in [1.165, 1.54) is 22.3 Å². The van der Waals surface area contributed by atoms with Crippen molar-refractivity contribution in [3.63, 3.8) is 0 Å². The van der Waals surface area contributed by atoms with Crippen LogP contribution in [0.5, 0.6) is 0 Å². The second-order valence-corrected chi connectivity index (χ2v) is 11.2. The van der Waals surface area contributed by atoms with Gasteiger partial charge >= 0.3 is 6.03 Å². The molecule has 0 unspecified atom stereocenters. The summed E-state index contributed by atoms with van der Waals surface area (Å²) in [6, 6.07) is 42.4. The fourth-order valence-corrected chi connectivity index (χ4v) is 6.46. The molecule has 0 saturated carbocycles. The van der Waals surface area contributed by atoms with Crippen molar-refractivity contribution in [2.45, 2.75) is 37.0 Å². The van der Waals surface area contributed by atoms with Gasteiger partial charge in [-0.25, -0.2) is 4.79 Å². The molecule has 4 aromatic rings. The Morgan fingerprint density at radius 3 is 1.25 bits per heavy atom. The summed E-state index contributed by atoms with van der Waals surface area (Å²) in [5.74, 6) is 0.498. The van der Waals surface area contributed by atoms with Gasteiger partial charge in [-0.3, -0.25) is 9.80 Å². The molecule has 0 spiro atoms. The summed E-state index contributed by atoms with van der Waals surface area (Å²) in [7, 11) is 0. The third-order valence-corrected chi connectivity index (χ3v) is 8.38. The molecule has 0 bridgehead atoms. The maximum absolute atomic E-state index is 13.6. The summed E-state index contributed by atoms with van der Waals surface area (Å²) in [5.41, 5.74) is 5.16. The molecule has 0 aromatic heterocycles. The van der Waals surface area contributed by atoms with Crippen LogP contribution in [0.15, 0.2) is 121 Å². The Morgan fingerprint density at radius 1 is 0.525 bits per heavy atom. The van der Waals surface area contributed by atoms with Crippen LogP contribution in [-0.4, -0.2) is 54.1 Å². The Balaban J connectivity index is 1.15. The van der Waals surface area contributed by atoms with Crippen LogP contribution in [0.3, 0.4) is 0 Å². The molecule has 4 aromatic carbocycles. The fourth-order valence-electron chi connectivity index (χ4n) is 6.46. The number of nitrogens with one attached hydrogen (secondary N) is 2. The Morgan fingerprint density at radius 2 is 0.875 bits per heavy atom. The standard InChI is InChI=1S/C35H38N4O/c40-35(36-33-25-38(21-27-13-5-1-6-14-27)23-31(33)29-17-9-3-10-18-29)37-34-26-39(22-28-15-7-2-8-16-28)24-32(34)30-19-11-4-12-20-30/h1-20,31-34H,21-26H2,(H2,36,37,40)/t31-,32-,33-,34-/m1/s1. The lowest BCUT2D eigenvalue weighted by Crippen LogP contribution is -2.50. The number of carbonyl (C=O) groups excluding carboxylic acids is 1. The minimum atomic E-state index is -0.0695. The van der Waals surface area contributed by atoms with Crippen molar-refractivity contribution in [1.29, 1.82) is 0 Å². The largest absolute Gasteiger partial charge is 0.333 e. The van der Waals surface area contributed by atoms with E-state index in [4.69, 9.17) is 0 Å². The second-order valence-electron chi connectivity index (χ2n) is 11.2. The van der Waals surface area contributed by atoms with Gasteiger partial charge in [0.2, 0.25) is 0 Å². The minimum absolute atomic E-state index is 0.0445.